The van der Waals surface area contributed by atoms with Gasteiger partial charge in [-0.1, -0.05) is 6.92 Å². The summed E-state index contributed by atoms with van der Waals surface area (Å²) in [5.74, 6) is 0. The molecular weight excluding hydrogens is 260 g/mol. The number of hydrogen-bond donors (Lipinski definition) is 1. The molecule has 1 saturated heterocycles. The molecule has 122 valence electrons. The van der Waals surface area contributed by atoms with Gasteiger partial charge in [0.2, 0.25) is 0 Å². The highest BCUT2D eigenvalue weighted by molar-refractivity contribution is 5.03. The van der Waals surface area contributed by atoms with Crippen LogP contribution < -0.4 is 5.32 Å². The van der Waals surface area contributed by atoms with Gasteiger partial charge in [-0.3, -0.25) is 5.32 Å². The van der Waals surface area contributed by atoms with Crippen molar-refractivity contribution < 1.29 is 0 Å². The van der Waals surface area contributed by atoms with Crippen LogP contribution in [0, 0.1) is 11.3 Å². The lowest BCUT2D eigenvalue weighted by atomic mass is 9.96. The van der Waals surface area contributed by atoms with E-state index < -0.39 is 0 Å². The molecule has 4 nitrogen and oxygen atoms in total. The number of piperidine rings is 1. The van der Waals surface area contributed by atoms with Crippen molar-refractivity contribution >= 4 is 0 Å². The van der Waals surface area contributed by atoms with Crippen molar-refractivity contribution in [1.82, 2.24) is 15.1 Å². The van der Waals surface area contributed by atoms with E-state index in [0.29, 0.717) is 6.04 Å². The minimum atomic E-state index is -0.348. The Morgan fingerprint density at radius 3 is 2.81 bits per heavy atom. The Kier molecular flexibility index (Phi) is 8.24. The number of likely N-dealkylation sites (N-methyl/N-ethyl adjacent to an activating group) is 2. The maximum absolute atomic E-state index is 9.33. The van der Waals surface area contributed by atoms with Crippen LogP contribution >= 0.6 is 0 Å². The molecule has 1 rings (SSSR count). The van der Waals surface area contributed by atoms with Gasteiger partial charge in [-0.2, -0.15) is 5.26 Å². The van der Waals surface area contributed by atoms with Crippen LogP contribution in [0.3, 0.4) is 0 Å². The van der Waals surface area contributed by atoms with E-state index in [1.807, 2.05) is 6.92 Å². The van der Waals surface area contributed by atoms with Crippen LogP contribution in [-0.2, 0) is 0 Å². The van der Waals surface area contributed by atoms with E-state index in [9.17, 15) is 5.26 Å². The van der Waals surface area contributed by atoms with Crippen LogP contribution in [0.25, 0.3) is 0 Å². The lowest BCUT2D eigenvalue weighted by Crippen LogP contribution is -2.45. The Morgan fingerprint density at radius 1 is 1.43 bits per heavy atom. The largest absolute Gasteiger partial charge is 0.305 e. The van der Waals surface area contributed by atoms with Crippen molar-refractivity contribution in [2.24, 2.45) is 0 Å². The van der Waals surface area contributed by atoms with Crippen molar-refractivity contribution in [3.05, 3.63) is 0 Å². The smallest absolute Gasteiger partial charge is 0.103 e. The lowest BCUT2D eigenvalue weighted by molar-refractivity contribution is 0.132. The summed E-state index contributed by atoms with van der Waals surface area (Å²) in [6.07, 6.45) is 6.97. The SMILES string of the molecule is CCCNC(C)(C#N)CCCCN(C)C1CCCN(C)C1. The number of nitrogens with zero attached hydrogens (tertiary/aromatic N) is 3. The van der Waals surface area contributed by atoms with Gasteiger partial charge in [0, 0.05) is 12.6 Å². The number of nitrogens with one attached hydrogen (secondary N) is 1. The molecule has 1 aliphatic heterocycles. The third-order valence-corrected chi connectivity index (χ3v) is 4.67. The number of unbranched alkanes of at least 4 members (excludes halogenated alkanes) is 1. The van der Waals surface area contributed by atoms with Gasteiger partial charge < -0.3 is 9.80 Å². The fourth-order valence-corrected chi connectivity index (χ4v) is 3.11. The van der Waals surface area contributed by atoms with Gasteiger partial charge in [0.25, 0.3) is 0 Å². The second-order valence-electron chi connectivity index (χ2n) is 6.87. The van der Waals surface area contributed by atoms with Gasteiger partial charge in [-0.25, -0.2) is 0 Å². The fourth-order valence-electron chi connectivity index (χ4n) is 3.11. The normalized spacial score (nSPS) is 23.0. The number of likely N-dealkylation sites (tertiary alicyclic amines) is 1. The molecule has 0 amide bonds. The van der Waals surface area contributed by atoms with E-state index in [1.165, 1.54) is 32.4 Å². The Balaban J connectivity index is 2.21. The molecule has 1 fully saturated rings. The van der Waals surface area contributed by atoms with E-state index >= 15 is 0 Å². The second kappa shape index (κ2) is 9.40. The summed E-state index contributed by atoms with van der Waals surface area (Å²) >= 11 is 0. The third-order valence-electron chi connectivity index (χ3n) is 4.67. The monoisotopic (exact) mass is 294 g/mol. The molecule has 0 spiro atoms. The van der Waals surface area contributed by atoms with Gasteiger partial charge in [0.15, 0.2) is 0 Å². The molecule has 0 aliphatic carbocycles. The van der Waals surface area contributed by atoms with Crippen molar-refractivity contribution in [2.45, 2.75) is 64.0 Å². The number of rotatable bonds is 9. The van der Waals surface area contributed by atoms with Crippen LogP contribution in [-0.4, -0.2) is 61.7 Å². The summed E-state index contributed by atoms with van der Waals surface area (Å²) in [7, 11) is 4.47. The van der Waals surface area contributed by atoms with Crippen LogP contribution in [0.1, 0.15) is 52.4 Å². The zero-order valence-electron chi connectivity index (χ0n) is 14.5. The molecule has 0 aromatic heterocycles. The average Bonchev–Trinajstić information content (AvgIpc) is 2.49. The maximum Gasteiger partial charge on any atom is 0.103 e. The van der Waals surface area contributed by atoms with Crippen molar-refractivity contribution in [2.75, 3.05) is 40.3 Å². The first-order chi connectivity index (χ1) is 10.0. The third kappa shape index (κ3) is 6.78. The first-order valence-corrected chi connectivity index (χ1v) is 8.56. The Bertz CT molecular complexity index is 325. The molecule has 2 atom stereocenters. The lowest BCUT2D eigenvalue weighted by Gasteiger charge is -2.36. The van der Waals surface area contributed by atoms with E-state index in [4.69, 9.17) is 0 Å². The first-order valence-electron chi connectivity index (χ1n) is 8.56. The highest BCUT2D eigenvalue weighted by Gasteiger charge is 2.23. The van der Waals surface area contributed by atoms with E-state index in [2.05, 4.69) is 42.2 Å². The molecule has 0 radical (unpaired) electrons. The van der Waals surface area contributed by atoms with E-state index in [0.717, 1.165) is 32.4 Å². The Hall–Kier alpha value is -0.630. The van der Waals surface area contributed by atoms with Crippen LogP contribution in [0.5, 0.6) is 0 Å². The quantitative estimate of drug-likeness (QED) is 0.663. The summed E-state index contributed by atoms with van der Waals surface area (Å²) in [5, 5.41) is 12.7. The minimum Gasteiger partial charge on any atom is -0.305 e. The highest BCUT2D eigenvalue weighted by atomic mass is 15.2. The topological polar surface area (TPSA) is 42.3 Å². The van der Waals surface area contributed by atoms with Crippen molar-refractivity contribution in [3.63, 3.8) is 0 Å². The molecule has 2 unspecified atom stereocenters. The summed E-state index contributed by atoms with van der Waals surface area (Å²) in [6.45, 7) is 8.69. The highest BCUT2D eigenvalue weighted by Crippen LogP contribution is 2.16. The van der Waals surface area contributed by atoms with Gasteiger partial charge in [0.05, 0.1) is 6.07 Å². The van der Waals surface area contributed by atoms with E-state index in [-0.39, 0.29) is 5.54 Å². The van der Waals surface area contributed by atoms with Crippen LogP contribution in [0.2, 0.25) is 0 Å². The predicted octanol–water partition coefficient (Wildman–Crippen LogP) is 2.46. The molecule has 4 heteroatoms. The Morgan fingerprint density at radius 2 is 2.19 bits per heavy atom. The molecule has 1 N–H and O–H groups in total. The average molecular weight is 294 g/mol. The predicted molar refractivity (Wildman–Crippen MR) is 89.3 cm³/mol. The zero-order chi connectivity index (χ0) is 15.7. The van der Waals surface area contributed by atoms with Crippen molar-refractivity contribution in [1.29, 1.82) is 5.26 Å². The van der Waals surface area contributed by atoms with Crippen LogP contribution in [0.4, 0.5) is 0 Å². The van der Waals surface area contributed by atoms with Gasteiger partial charge in [-0.05, 0) is 79.2 Å². The molecule has 0 saturated carbocycles. The molecule has 21 heavy (non-hydrogen) atoms. The number of nitriles is 1. The summed E-state index contributed by atoms with van der Waals surface area (Å²) in [6, 6.07) is 3.15. The summed E-state index contributed by atoms with van der Waals surface area (Å²) in [4.78, 5) is 4.95. The van der Waals surface area contributed by atoms with Gasteiger partial charge >= 0.3 is 0 Å². The fraction of sp³-hybridized carbons (Fsp3) is 0.941. The molecule has 1 heterocycles. The number of hydrogen-bond acceptors (Lipinski definition) is 4. The van der Waals surface area contributed by atoms with Crippen LogP contribution in [0.15, 0.2) is 0 Å². The maximum atomic E-state index is 9.33. The minimum absolute atomic E-state index is 0.348. The van der Waals surface area contributed by atoms with E-state index in [1.54, 1.807) is 0 Å². The Labute approximate surface area is 131 Å². The zero-order valence-corrected chi connectivity index (χ0v) is 14.5. The molecular formula is C17H34N4. The summed E-state index contributed by atoms with van der Waals surface area (Å²) < 4.78 is 0. The second-order valence-corrected chi connectivity index (χ2v) is 6.87. The molecule has 0 bridgehead atoms. The van der Waals surface area contributed by atoms with Gasteiger partial charge in [0.1, 0.15) is 5.54 Å². The summed E-state index contributed by atoms with van der Waals surface area (Å²) in [5.41, 5.74) is -0.348. The molecule has 0 aromatic rings. The van der Waals surface area contributed by atoms with Crippen molar-refractivity contribution in [3.8, 4) is 6.07 Å². The van der Waals surface area contributed by atoms with Gasteiger partial charge in [-0.15, -0.1) is 0 Å². The molecule has 0 aromatic carbocycles. The standard InChI is InChI=1S/C17H34N4/c1-5-11-19-17(2,15-18)10-6-7-13-21(4)16-9-8-12-20(3)14-16/h16,19H,5-14H2,1-4H3. The molecule has 1 aliphatic rings. The first kappa shape index (κ1) is 18.4.